The molecule has 114 valence electrons. The van der Waals surface area contributed by atoms with Gasteiger partial charge in [0.1, 0.15) is 0 Å². The normalized spacial score (nSPS) is 17.2. The van der Waals surface area contributed by atoms with E-state index in [1.807, 2.05) is 60.0 Å². The van der Waals surface area contributed by atoms with Gasteiger partial charge in [-0.2, -0.15) is 0 Å². The number of urea groups is 1. The topological polar surface area (TPSA) is 92.3 Å². The summed E-state index contributed by atoms with van der Waals surface area (Å²) in [5, 5.41) is 3.87. The van der Waals surface area contributed by atoms with Crippen molar-refractivity contribution < 1.29 is 19.2 Å². The highest BCUT2D eigenvalue weighted by Gasteiger charge is 2.39. The third-order valence-corrected chi connectivity index (χ3v) is 3.39. The number of allylic oxidation sites excluding steroid dienone is 2. The van der Waals surface area contributed by atoms with Gasteiger partial charge in [0.25, 0.3) is 0 Å². The Hall–Kier alpha value is -2.76. The zero-order valence-electron chi connectivity index (χ0n) is 12.0. The summed E-state index contributed by atoms with van der Waals surface area (Å²) in [6.07, 6.45) is 3.67. The van der Waals surface area contributed by atoms with Crippen LogP contribution >= 0.6 is 0 Å². The molecule has 2 rings (SSSR count). The first kappa shape index (κ1) is 15.6. The molecule has 6 nitrogen and oxygen atoms in total. The minimum absolute atomic E-state index is 0.00799. The number of carbonyl (C=O) groups is 4. The van der Waals surface area contributed by atoms with Crippen LogP contribution in [0.5, 0.6) is 0 Å². The molecule has 1 aliphatic rings. The van der Waals surface area contributed by atoms with E-state index in [1.54, 1.807) is 0 Å². The van der Waals surface area contributed by atoms with Crippen LogP contribution < -0.4 is 10.6 Å². The third kappa shape index (κ3) is 3.46. The zero-order chi connectivity index (χ0) is 16.1. The van der Waals surface area contributed by atoms with Crippen molar-refractivity contribution in [3.63, 3.8) is 0 Å². The van der Waals surface area contributed by atoms with Crippen molar-refractivity contribution in [1.82, 2.24) is 10.6 Å². The second kappa shape index (κ2) is 6.80. The second-order valence-electron chi connectivity index (χ2n) is 4.95. The summed E-state index contributed by atoms with van der Waals surface area (Å²) in [7, 11) is 0. The van der Waals surface area contributed by atoms with Crippen molar-refractivity contribution in [3.8, 4) is 0 Å². The number of benzene rings is 1. The predicted molar refractivity (Wildman–Crippen MR) is 78.8 cm³/mol. The molecular weight excluding hydrogens is 284 g/mol. The fourth-order valence-electron chi connectivity index (χ4n) is 2.38. The molecule has 1 aliphatic heterocycles. The van der Waals surface area contributed by atoms with E-state index in [1.165, 1.54) is 0 Å². The number of barbiturate groups is 1. The summed E-state index contributed by atoms with van der Waals surface area (Å²) in [5.74, 6) is -3.96. The number of Topliss-reactive ketones (excluding diaryl/α,β-unsaturated/α-hetero) is 1. The van der Waals surface area contributed by atoms with Crippen LogP contribution in [0.15, 0.2) is 42.5 Å². The average molecular weight is 300 g/mol. The lowest BCUT2D eigenvalue weighted by molar-refractivity contribution is -0.142. The van der Waals surface area contributed by atoms with Crippen molar-refractivity contribution in [2.75, 3.05) is 0 Å². The van der Waals surface area contributed by atoms with E-state index in [-0.39, 0.29) is 12.3 Å². The molecule has 0 bridgehead atoms. The Kier molecular flexibility index (Phi) is 4.83. The van der Waals surface area contributed by atoms with Crippen LogP contribution in [0, 0.1) is 5.92 Å². The Morgan fingerprint density at radius 3 is 2.27 bits per heavy atom. The molecule has 1 fully saturated rings. The molecule has 0 radical (unpaired) electrons. The molecule has 4 amide bonds. The molecule has 6 heteroatoms. The standard InChI is InChI=1S/C16H16N2O4/c1-2-6-11(10-7-4-3-5-8-10)9-12(19)13-14(20)17-16(22)18-15(13)21/h2-8,11,13H,9H2,1H3,(H2,17,18,20,21,22). The van der Waals surface area contributed by atoms with E-state index >= 15 is 0 Å². The number of hydrogen-bond acceptors (Lipinski definition) is 4. The molecular formula is C16H16N2O4. The summed E-state index contributed by atoms with van der Waals surface area (Å²) < 4.78 is 0. The summed E-state index contributed by atoms with van der Waals surface area (Å²) in [6, 6.07) is 8.44. The van der Waals surface area contributed by atoms with Gasteiger partial charge < -0.3 is 0 Å². The highest BCUT2D eigenvalue weighted by molar-refractivity contribution is 6.26. The van der Waals surface area contributed by atoms with Crippen LogP contribution in [-0.2, 0) is 14.4 Å². The van der Waals surface area contributed by atoms with Crippen molar-refractivity contribution >= 4 is 23.6 Å². The van der Waals surface area contributed by atoms with Crippen molar-refractivity contribution in [1.29, 1.82) is 0 Å². The Morgan fingerprint density at radius 2 is 1.73 bits per heavy atom. The van der Waals surface area contributed by atoms with E-state index in [9.17, 15) is 19.2 Å². The second-order valence-corrected chi connectivity index (χ2v) is 4.95. The average Bonchev–Trinajstić information content (AvgIpc) is 2.46. The van der Waals surface area contributed by atoms with Gasteiger partial charge in [0.15, 0.2) is 11.7 Å². The SMILES string of the molecule is CC=CC(CC(=O)C1C(=O)NC(=O)NC1=O)c1ccccc1. The Labute approximate surface area is 127 Å². The Bertz CT molecular complexity index is 617. The zero-order valence-corrected chi connectivity index (χ0v) is 12.0. The molecule has 0 aliphatic carbocycles. The molecule has 0 saturated carbocycles. The number of hydrogen-bond donors (Lipinski definition) is 2. The van der Waals surface area contributed by atoms with Gasteiger partial charge in [0.05, 0.1) is 0 Å². The number of carbonyl (C=O) groups excluding carboxylic acids is 4. The number of imide groups is 2. The van der Waals surface area contributed by atoms with Gasteiger partial charge in [-0.15, -0.1) is 0 Å². The van der Waals surface area contributed by atoms with Crippen molar-refractivity contribution in [2.24, 2.45) is 5.92 Å². The number of ketones is 1. The van der Waals surface area contributed by atoms with Crippen LogP contribution in [0.1, 0.15) is 24.8 Å². The van der Waals surface area contributed by atoms with Gasteiger partial charge in [0.2, 0.25) is 11.8 Å². The summed E-state index contributed by atoms with van der Waals surface area (Å²) >= 11 is 0. The van der Waals surface area contributed by atoms with Gasteiger partial charge in [-0.1, -0.05) is 42.5 Å². The van der Waals surface area contributed by atoms with Crippen LogP contribution in [0.4, 0.5) is 4.79 Å². The highest BCUT2D eigenvalue weighted by atomic mass is 16.2. The van der Waals surface area contributed by atoms with Crippen LogP contribution in [0.2, 0.25) is 0 Å². The van der Waals surface area contributed by atoms with Crippen molar-refractivity contribution in [3.05, 3.63) is 48.0 Å². The minimum Gasteiger partial charge on any atom is -0.298 e. The van der Waals surface area contributed by atoms with E-state index in [0.717, 1.165) is 5.56 Å². The lowest BCUT2D eigenvalue weighted by Gasteiger charge is -2.21. The van der Waals surface area contributed by atoms with Gasteiger partial charge in [0, 0.05) is 12.3 Å². The van der Waals surface area contributed by atoms with E-state index in [2.05, 4.69) is 0 Å². The first-order chi connectivity index (χ1) is 10.5. The maximum absolute atomic E-state index is 12.3. The molecule has 2 N–H and O–H groups in total. The maximum Gasteiger partial charge on any atom is 0.328 e. The number of rotatable bonds is 5. The molecule has 0 spiro atoms. The molecule has 22 heavy (non-hydrogen) atoms. The third-order valence-electron chi connectivity index (χ3n) is 3.39. The van der Waals surface area contributed by atoms with Crippen LogP contribution in [0.3, 0.4) is 0 Å². The van der Waals surface area contributed by atoms with Gasteiger partial charge in [-0.25, -0.2) is 4.79 Å². The molecule has 1 unspecified atom stereocenters. The van der Waals surface area contributed by atoms with Gasteiger partial charge in [-0.3, -0.25) is 25.0 Å². The van der Waals surface area contributed by atoms with Crippen molar-refractivity contribution in [2.45, 2.75) is 19.3 Å². The summed E-state index contributed by atoms with van der Waals surface area (Å²) in [6.45, 7) is 1.83. The number of amides is 4. The molecule has 1 aromatic carbocycles. The number of nitrogens with one attached hydrogen (secondary N) is 2. The summed E-state index contributed by atoms with van der Waals surface area (Å²) in [5.41, 5.74) is 0.918. The molecule has 0 aromatic heterocycles. The predicted octanol–water partition coefficient (Wildman–Crippen LogP) is 1.29. The van der Waals surface area contributed by atoms with Crippen LogP contribution in [0.25, 0.3) is 0 Å². The summed E-state index contributed by atoms with van der Waals surface area (Å²) in [4.78, 5) is 46.7. The monoisotopic (exact) mass is 300 g/mol. The molecule has 1 aromatic rings. The maximum atomic E-state index is 12.3. The van der Waals surface area contributed by atoms with E-state index in [4.69, 9.17) is 0 Å². The van der Waals surface area contributed by atoms with Crippen LogP contribution in [-0.4, -0.2) is 23.6 Å². The minimum atomic E-state index is -1.48. The molecule has 1 heterocycles. The first-order valence-corrected chi connectivity index (χ1v) is 6.89. The Morgan fingerprint density at radius 1 is 1.14 bits per heavy atom. The van der Waals surface area contributed by atoms with E-state index in [0.29, 0.717) is 0 Å². The quantitative estimate of drug-likeness (QED) is 0.633. The highest BCUT2D eigenvalue weighted by Crippen LogP contribution is 2.23. The fraction of sp³-hybridized carbons (Fsp3) is 0.250. The molecule has 1 saturated heterocycles. The van der Waals surface area contributed by atoms with Gasteiger partial charge in [-0.05, 0) is 12.5 Å². The Balaban J connectivity index is 2.16. The van der Waals surface area contributed by atoms with E-state index < -0.39 is 29.5 Å². The lowest BCUT2D eigenvalue weighted by atomic mass is 9.88. The fourth-order valence-corrected chi connectivity index (χ4v) is 2.38. The smallest absolute Gasteiger partial charge is 0.298 e. The largest absolute Gasteiger partial charge is 0.328 e. The first-order valence-electron chi connectivity index (χ1n) is 6.89. The lowest BCUT2D eigenvalue weighted by Crippen LogP contribution is -2.58. The van der Waals surface area contributed by atoms with Gasteiger partial charge >= 0.3 is 6.03 Å². The molecule has 1 atom stereocenters.